The van der Waals surface area contributed by atoms with E-state index in [9.17, 15) is 22.8 Å². The number of sulfonamides is 1. The Morgan fingerprint density at radius 3 is 2.54 bits per heavy atom. The predicted molar refractivity (Wildman–Crippen MR) is 138 cm³/mol. The number of carbonyl (C=O) groups excluding carboxylic acids is 2. The Morgan fingerprint density at radius 2 is 1.89 bits per heavy atom. The number of carbonyl (C=O) groups is 2. The fraction of sp³-hybridized carbons (Fsp3) is 0.560. The lowest BCUT2D eigenvalue weighted by atomic mass is 9.95. The van der Waals surface area contributed by atoms with Gasteiger partial charge in [0.2, 0.25) is 15.5 Å². The van der Waals surface area contributed by atoms with Crippen molar-refractivity contribution in [3.8, 4) is 0 Å². The fourth-order valence-electron chi connectivity index (χ4n) is 5.11. The van der Waals surface area contributed by atoms with E-state index in [2.05, 4.69) is 10.6 Å². The number of hydrogen-bond acceptors (Lipinski definition) is 7. The molecule has 1 unspecified atom stereocenters. The molecule has 1 aliphatic carbocycles. The normalized spacial score (nSPS) is 19.2. The first-order chi connectivity index (χ1) is 17.6. The molecule has 1 amide bonds. The molecule has 2 aliphatic rings. The van der Waals surface area contributed by atoms with E-state index in [4.69, 9.17) is 4.74 Å². The van der Waals surface area contributed by atoms with Gasteiger partial charge in [0, 0.05) is 36.8 Å². The molecule has 2 aromatic rings. The van der Waals surface area contributed by atoms with E-state index in [1.165, 1.54) is 10.5 Å². The number of amides is 1. The van der Waals surface area contributed by atoms with Crippen LogP contribution in [0.3, 0.4) is 0 Å². The lowest BCUT2D eigenvalue weighted by molar-refractivity contribution is -0.141. The minimum absolute atomic E-state index is 0.00767. The molecule has 202 valence electrons. The average Bonchev–Trinajstić information content (AvgIpc) is 3.36. The Hall–Kier alpha value is -2.99. The van der Waals surface area contributed by atoms with Gasteiger partial charge in [-0.3, -0.25) is 14.4 Å². The molecule has 1 aromatic carbocycles. The number of rotatable bonds is 8. The summed E-state index contributed by atoms with van der Waals surface area (Å²) in [6.45, 7) is 1.80. The maximum Gasteiger partial charge on any atom is 0.325 e. The zero-order chi connectivity index (χ0) is 26.7. The van der Waals surface area contributed by atoms with Crippen molar-refractivity contribution in [2.75, 3.05) is 37.8 Å². The van der Waals surface area contributed by atoms with Crippen LogP contribution in [0, 0.1) is 5.82 Å². The first-order valence-corrected chi connectivity index (χ1v) is 14.5. The van der Waals surface area contributed by atoms with Gasteiger partial charge in [0.15, 0.2) is 0 Å². The Morgan fingerprint density at radius 1 is 1.16 bits per heavy atom. The number of fused-ring (bicyclic) bond motifs is 1. The highest BCUT2D eigenvalue weighted by Gasteiger charge is 2.31. The van der Waals surface area contributed by atoms with Crippen LogP contribution >= 0.6 is 0 Å². The smallest absolute Gasteiger partial charge is 0.325 e. The number of benzene rings is 1. The minimum Gasteiger partial charge on any atom is -0.465 e. The van der Waals surface area contributed by atoms with Crippen molar-refractivity contribution in [3.05, 3.63) is 39.9 Å². The number of halogens is 1. The predicted octanol–water partition coefficient (Wildman–Crippen LogP) is 2.38. The summed E-state index contributed by atoms with van der Waals surface area (Å²) in [5.41, 5.74) is -0.257. The third kappa shape index (κ3) is 6.12. The van der Waals surface area contributed by atoms with Crippen LogP contribution in [0.1, 0.15) is 61.8 Å². The zero-order valence-electron chi connectivity index (χ0n) is 21.1. The fourth-order valence-corrected chi connectivity index (χ4v) is 5.99. The number of ether oxygens (including phenoxy) is 1. The van der Waals surface area contributed by atoms with Gasteiger partial charge in [-0.1, -0.05) is 19.3 Å². The Labute approximate surface area is 215 Å². The van der Waals surface area contributed by atoms with Crippen LogP contribution in [0.15, 0.2) is 23.1 Å². The van der Waals surface area contributed by atoms with E-state index in [0.717, 1.165) is 44.4 Å². The maximum atomic E-state index is 15.2. The molecule has 2 fully saturated rings. The average molecular weight is 537 g/mol. The van der Waals surface area contributed by atoms with Gasteiger partial charge in [0.1, 0.15) is 17.9 Å². The maximum absolute atomic E-state index is 15.2. The molecule has 0 radical (unpaired) electrons. The van der Waals surface area contributed by atoms with Crippen molar-refractivity contribution in [2.24, 2.45) is 0 Å². The molecule has 1 aliphatic heterocycles. The second kappa shape index (κ2) is 11.2. The number of nitrogens with zero attached hydrogens (tertiary/aromatic N) is 2. The molecule has 4 rings (SSSR count). The van der Waals surface area contributed by atoms with E-state index in [0.29, 0.717) is 11.9 Å². The van der Waals surface area contributed by atoms with Gasteiger partial charge in [-0.2, -0.15) is 0 Å². The molecule has 2 N–H and O–H groups in total. The van der Waals surface area contributed by atoms with Gasteiger partial charge in [-0.15, -0.1) is 0 Å². The molecule has 0 spiro atoms. The standard InChI is InChI=1S/C25H33FN4O6S/c1-3-36-23(31)13-27-25(33)19-15-30(17-9-10-29(14-17)37(2,34)35)22-12-21(20(26)11-18(22)24(19)32)28-16-7-5-4-6-8-16/h11-12,15-17,28H,3-10,13-14H2,1-2H3,(H,27,33). The molecule has 2 heterocycles. The van der Waals surface area contributed by atoms with E-state index >= 15 is 4.39 Å². The van der Waals surface area contributed by atoms with Gasteiger partial charge in [0.25, 0.3) is 5.91 Å². The van der Waals surface area contributed by atoms with Gasteiger partial charge in [0.05, 0.1) is 24.1 Å². The molecule has 1 aromatic heterocycles. The van der Waals surface area contributed by atoms with Crippen LogP contribution in [0.25, 0.3) is 10.9 Å². The SMILES string of the molecule is CCOC(=O)CNC(=O)c1cn(C2CCN(S(C)(=O)=O)C2)c2cc(NC3CCCCC3)c(F)cc2c1=O. The molecule has 37 heavy (non-hydrogen) atoms. The largest absolute Gasteiger partial charge is 0.465 e. The molecule has 1 saturated heterocycles. The summed E-state index contributed by atoms with van der Waals surface area (Å²) in [7, 11) is -3.43. The first kappa shape index (κ1) is 27.1. The van der Waals surface area contributed by atoms with Crippen LogP contribution < -0.4 is 16.1 Å². The van der Waals surface area contributed by atoms with Crippen LogP contribution in [0.2, 0.25) is 0 Å². The van der Waals surface area contributed by atoms with Crippen molar-refractivity contribution in [3.63, 3.8) is 0 Å². The number of pyridine rings is 1. The summed E-state index contributed by atoms with van der Waals surface area (Å²) < 4.78 is 47.3. The van der Waals surface area contributed by atoms with Gasteiger partial charge in [-0.25, -0.2) is 17.1 Å². The van der Waals surface area contributed by atoms with E-state index in [-0.39, 0.29) is 48.4 Å². The zero-order valence-corrected chi connectivity index (χ0v) is 21.9. The van der Waals surface area contributed by atoms with Crippen molar-refractivity contribution >= 4 is 38.5 Å². The van der Waals surface area contributed by atoms with Gasteiger partial charge < -0.3 is 19.9 Å². The highest BCUT2D eigenvalue weighted by atomic mass is 32.2. The number of esters is 1. The summed E-state index contributed by atoms with van der Waals surface area (Å²) in [5, 5.41) is 5.65. The molecular weight excluding hydrogens is 503 g/mol. The Bertz CT molecular complexity index is 1350. The molecular formula is C25H33FN4O6S. The van der Waals surface area contributed by atoms with Crippen LogP contribution in [-0.2, 0) is 19.6 Å². The van der Waals surface area contributed by atoms with Crippen molar-refractivity contribution in [1.29, 1.82) is 0 Å². The van der Waals surface area contributed by atoms with Crippen LogP contribution in [0.5, 0.6) is 0 Å². The monoisotopic (exact) mass is 536 g/mol. The molecule has 1 atom stereocenters. The minimum atomic E-state index is -3.43. The molecule has 10 nitrogen and oxygen atoms in total. The molecule has 1 saturated carbocycles. The van der Waals surface area contributed by atoms with E-state index in [1.807, 2.05) is 0 Å². The third-order valence-corrected chi connectivity index (χ3v) is 8.29. The van der Waals surface area contributed by atoms with Gasteiger partial charge in [-0.05, 0) is 38.3 Å². The number of nitrogens with one attached hydrogen (secondary N) is 2. The second-order valence-electron chi connectivity index (χ2n) is 9.66. The van der Waals surface area contributed by atoms with Crippen molar-refractivity contribution in [2.45, 2.75) is 57.5 Å². The van der Waals surface area contributed by atoms with Crippen molar-refractivity contribution < 1.29 is 27.1 Å². The summed E-state index contributed by atoms with van der Waals surface area (Å²) >= 11 is 0. The number of aromatic nitrogens is 1. The van der Waals surface area contributed by atoms with E-state index < -0.39 is 39.7 Å². The van der Waals surface area contributed by atoms with E-state index in [1.54, 1.807) is 17.6 Å². The Kier molecular flexibility index (Phi) is 8.17. The summed E-state index contributed by atoms with van der Waals surface area (Å²) in [6, 6.07) is 2.46. The lowest BCUT2D eigenvalue weighted by Crippen LogP contribution is -2.35. The second-order valence-corrected chi connectivity index (χ2v) is 11.6. The molecule has 0 bridgehead atoms. The number of anilines is 1. The lowest BCUT2D eigenvalue weighted by Gasteiger charge is -2.25. The Balaban J connectivity index is 1.76. The first-order valence-electron chi connectivity index (χ1n) is 12.6. The quantitative estimate of drug-likeness (QED) is 0.496. The topological polar surface area (TPSA) is 127 Å². The third-order valence-electron chi connectivity index (χ3n) is 7.02. The summed E-state index contributed by atoms with van der Waals surface area (Å²) in [5.74, 6) is -2.05. The van der Waals surface area contributed by atoms with Gasteiger partial charge >= 0.3 is 5.97 Å². The molecule has 12 heteroatoms. The van der Waals surface area contributed by atoms with Crippen LogP contribution in [0.4, 0.5) is 10.1 Å². The highest BCUT2D eigenvalue weighted by Crippen LogP contribution is 2.31. The highest BCUT2D eigenvalue weighted by molar-refractivity contribution is 7.88. The van der Waals surface area contributed by atoms with Crippen LogP contribution in [-0.4, -0.2) is 67.7 Å². The number of hydrogen-bond donors (Lipinski definition) is 2. The summed E-state index contributed by atoms with van der Waals surface area (Å²) in [4.78, 5) is 37.9. The summed E-state index contributed by atoms with van der Waals surface area (Å²) in [6.07, 6.45) is 8.09. The van der Waals surface area contributed by atoms with Crippen molar-refractivity contribution in [1.82, 2.24) is 14.2 Å².